The molecule has 1 aromatic carbocycles. The normalized spacial score (nSPS) is 34.9. The number of carbonyl (C=O) groups is 1. The van der Waals surface area contributed by atoms with E-state index in [0.29, 0.717) is 18.6 Å². The summed E-state index contributed by atoms with van der Waals surface area (Å²) in [6, 6.07) is 5.07. The zero-order valence-corrected chi connectivity index (χ0v) is 16.1. The van der Waals surface area contributed by atoms with E-state index in [1.165, 1.54) is 55.9 Å². The molecule has 1 amide bonds. The molecular weight excluding hydrogens is 361 g/mol. The van der Waals surface area contributed by atoms with Crippen LogP contribution in [0.1, 0.15) is 38.5 Å². The molecule has 5 aliphatic rings. The number of hydrogen-bond donors (Lipinski definition) is 1. The second kappa shape index (κ2) is 5.66. The summed E-state index contributed by atoms with van der Waals surface area (Å²) >= 11 is 1.51. The number of fused-ring (bicyclic) bond motifs is 1. The lowest BCUT2D eigenvalue weighted by Gasteiger charge is -2.57. The first-order valence-electron chi connectivity index (χ1n) is 10.2. The van der Waals surface area contributed by atoms with Gasteiger partial charge in [0.2, 0.25) is 5.91 Å². The summed E-state index contributed by atoms with van der Waals surface area (Å²) in [5, 5.41) is 4.32. The number of nitrogens with zero attached hydrogens (tertiary/aromatic N) is 2. The molecular formula is C21H24FN3OS. The second-order valence-electron chi connectivity index (χ2n) is 9.37. The van der Waals surface area contributed by atoms with Gasteiger partial charge in [-0.05, 0) is 68.4 Å². The molecule has 142 valence electrons. The lowest BCUT2D eigenvalue weighted by molar-refractivity contribution is -0.131. The molecule has 4 aliphatic carbocycles. The molecule has 6 heteroatoms. The van der Waals surface area contributed by atoms with Gasteiger partial charge in [0.25, 0.3) is 0 Å². The lowest BCUT2D eigenvalue weighted by atomic mass is 9.53. The minimum atomic E-state index is -0.272. The van der Waals surface area contributed by atoms with Gasteiger partial charge in [0.1, 0.15) is 11.3 Å². The van der Waals surface area contributed by atoms with Crippen LogP contribution in [-0.4, -0.2) is 29.5 Å². The number of anilines is 1. The van der Waals surface area contributed by atoms with Gasteiger partial charge in [0.05, 0.1) is 10.6 Å². The predicted octanol–water partition coefficient (Wildman–Crippen LogP) is 3.96. The number of para-hydroxylation sites is 1. The third kappa shape index (κ3) is 2.59. The van der Waals surface area contributed by atoms with Crippen LogP contribution in [-0.2, 0) is 4.79 Å². The molecule has 0 spiro atoms. The third-order valence-corrected chi connectivity index (χ3v) is 8.39. The van der Waals surface area contributed by atoms with E-state index in [2.05, 4.69) is 15.2 Å². The standard InChI is InChI=1S/C21H24FN3OS/c22-16-2-1-3-17-18(16)23-20(27-17)25-10-15(11-25)19(26)24-21-7-12-4-13(8-21)6-14(5-12)9-21/h1-3,12-15H,4-11H2,(H,24,26). The van der Waals surface area contributed by atoms with E-state index in [4.69, 9.17) is 0 Å². The van der Waals surface area contributed by atoms with Crippen LogP contribution in [0.25, 0.3) is 10.2 Å². The third-order valence-electron chi connectivity index (χ3n) is 7.31. The predicted molar refractivity (Wildman–Crippen MR) is 104 cm³/mol. The Morgan fingerprint density at radius 2 is 1.81 bits per heavy atom. The van der Waals surface area contributed by atoms with Gasteiger partial charge < -0.3 is 10.2 Å². The minimum Gasteiger partial charge on any atom is -0.350 e. The molecule has 1 aliphatic heterocycles. The van der Waals surface area contributed by atoms with Crippen molar-refractivity contribution in [3.8, 4) is 0 Å². The highest BCUT2D eigenvalue weighted by molar-refractivity contribution is 7.22. The summed E-state index contributed by atoms with van der Waals surface area (Å²) in [5.74, 6) is 2.51. The van der Waals surface area contributed by atoms with Gasteiger partial charge in [0, 0.05) is 18.6 Å². The fourth-order valence-corrected chi connectivity index (χ4v) is 7.46. The van der Waals surface area contributed by atoms with Gasteiger partial charge in [-0.3, -0.25) is 4.79 Å². The van der Waals surface area contributed by atoms with Crippen molar-refractivity contribution in [2.75, 3.05) is 18.0 Å². The maximum absolute atomic E-state index is 13.9. The summed E-state index contributed by atoms with van der Waals surface area (Å²) in [5.41, 5.74) is 0.532. The number of halogens is 1. The Hall–Kier alpha value is -1.69. The number of thiazole rings is 1. The molecule has 1 saturated heterocycles. The zero-order valence-electron chi connectivity index (χ0n) is 15.3. The van der Waals surface area contributed by atoms with Crippen LogP contribution in [0.4, 0.5) is 9.52 Å². The molecule has 2 heterocycles. The molecule has 1 aromatic heterocycles. The average molecular weight is 386 g/mol. The maximum Gasteiger partial charge on any atom is 0.227 e. The Morgan fingerprint density at radius 1 is 1.15 bits per heavy atom. The van der Waals surface area contributed by atoms with E-state index in [9.17, 15) is 9.18 Å². The molecule has 0 radical (unpaired) electrons. The molecule has 1 N–H and O–H groups in total. The lowest BCUT2D eigenvalue weighted by Crippen LogP contribution is -2.63. The van der Waals surface area contributed by atoms with Crippen LogP contribution in [0.15, 0.2) is 18.2 Å². The first kappa shape index (κ1) is 16.3. The fraction of sp³-hybridized carbons (Fsp3) is 0.619. The summed E-state index contributed by atoms with van der Waals surface area (Å²) in [7, 11) is 0. The summed E-state index contributed by atoms with van der Waals surface area (Å²) in [4.78, 5) is 19.4. The van der Waals surface area contributed by atoms with E-state index < -0.39 is 0 Å². The van der Waals surface area contributed by atoms with Gasteiger partial charge in [-0.15, -0.1) is 0 Å². The number of benzene rings is 1. The van der Waals surface area contributed by atoms with Crippen molar-refractivity contribution in [2.24, 2.45) is 23.7 Å². The molecule has 5 fully saturated rings. The monoisotopic (exact) mass is 385 g/mol. The number of hydrogen-bond acceptors (Lipinski definition) is 4. The van der Waals surface area contributed by atoms with Gasteiger partial charge >= 0.3 is 0 Å². The second-order valence-corrected chi connectivity index (χ2v) is 10.4. The molecule has 0 unspecified atom stereocenters. The fourth-order valence-electron chi connectivity index (χ4n) is 6.47. The molecule has 2 aromatic rings. The number of rotatable bonds is 3. The number of aromatic nitrogens is 1. The van der Waals surface area contributed by atoms with Crippen molar-refractivity contribution < 1.29 is 9.18 Å². The van der Waals surface area contributed by atoms with Crippen molar-refractivity contribution in [3.63, 3.8) is 0 Å². The SMILES string of the molecule is O=C(NC12CC3CC(CC(C3)C1)C2)C1CN(c2nc3c(F)cccc3s2)C1. The highest BCUT2D eigenvalue weighted by Gasteiger charge is 2.52. The Labute approximate surface area is 162 Å². The molecule has 4 saturated carbocycles. The molecule has 0 atom stereocenters. The van der Waals surface area contributed by atoms with Gasteiger partial charge in [0.15, 0.2) is 5.13 Å². The first-order valence-corrected chi connectivity index (χ1v) is 11.0. The molecule has 7 rings (SSSR count). The number of carbonyl (C=O) groups excluding carboxylic acids is 1. The van der Waals surface area contributed by atoms with Crippen molar-refractivity contribution in [1.29, 1.82) is 0 Å². The zero-order chi connectivity index (χ0) is 18.2. The molecule has 27 heavy (non-hydrogen) atoms. The van der Waals surface area contributed by atoms with E-state index >= 15 is 0 Å². The minimum absolute atomic E-state index is 0.0369. The van der Waals surface area contributed by atoms with Crippen molar-refractivity contribution >= 4 is 32.6 Å². The summed E-state index contributed by atoms with van der Waals surface area (Å²) < 4.78 is 14.7. The Morgan fingerprint density at radius 3 is 2.44 bits per heavy atom. The summed E-state index contributed by atoms with van der Waals surface area (Å²) in [6.07, 6.45) is 7.75. The Balaban J connectivity index is 1.12. The topological polar surface area (TPSA) is 45.2 Å². The largest absolute Gasteiger partial charge is 0.350 e. The number of nitrogens with one attached hydrogen (secondary N) is 1. The van der Waals surface area contributed by atoms with Gasteiger partial charge in [-0.1, -0.05) is 17.4 Å². The van der Waals surface area contributed by atoms with E-state index in [1.807, 2.05) is 6.07 Å². The average Bonchev–Trinajstić information content (AvgIpc) is 2.96. The maximum atomic E-state index is 13.9. The Bertz CT molecular complexity index is 884. The quantitative estimate of drug-likeness (QED) is 0.870. The smallest absolute Gasteiger partial charge is 0.227 e. The van der Waals surface area contributed by atoms with E-state index in [0.717, 1.165) is 27.6 Å². The highest BCUT2D eigenvalue weighted by Crippen LogP contribution is 2.55. The van der Waals surface area contributed by atoms with Crippen LogP contribution in [0.3, 0.4) is 0 Å². The van der Waals surface area contributed by atoms with Crippen LogP contribution in [0, 0.1) is 29.5 Å². The number of amides is 1. The van der Waals surface area contributed by atoms with E-state index in [1.54, 1.807) is 6.07 Å². The van der Waals surface area contributed by atoms with Crippen LogP contribution in [0.5, 0.6) is 0 Å². The van der Waals surface area contributed by atoms with Crippen molar-refractivity contribution in [3.05, 3.63) is 24.0 Å². The molecule has 4 nitrogen and oxygen atoms in total. The Kier molecular flexibility index (Phi) is 3.41. The van der Waals surface area contributed by atoms with Crippen LogP contribution in [0.2, 0.25) is 0 Å². The van der Waals surface area contributed by atoms with Crippen LogP contribution < -0.4 is 10.2 Å². The van der Waals surface area contributed by atoms with E-state index in [-0.39, 0.29) is 23.2 Å². The highest BCUT2D eigenvalue weighted by atomic mass is 32.1. The van der Waals surface area contributed by atoms with Crippen molar-refractivity contribution in [1.82, 2.24) is 10.3 Å². The van der Waals surface area contributed by atoms with Gasteiger partial charge in [-0.2, -0.15) is 0 Å². The first-order chi connectivity index (χ1) is 13.1. The van der Waals surface area contributed by atoms with Gasteiger partial charge in [-0.25, -0.2) is 9.37 Å². The summed E-state index contributed by atoms with van der Waals surface area (Å²) in [6.45, 7) is 1.39. The van der Waals surface area contributed by atoms with Crippen LogP contribution >= 0.6 is 11.3 Å². The van der Waals surface area contributed by atoms with Crippen molar-refractivity contribution in [2.45, 2.75) is 44.1 Å². The molecule has 4 bridgehead atoms.